The summed E-state index contributed by atoms with van der Waals surface area (Å²) in [5.74, 6) is -0.323. The van der Waals surface area contributed by atoms with Gasteiger partial charge in [0.2, 0.25) is 0 Å². The number of benzene rings is 3. The van der Waals surface area contributed by atoms with Crippen LogP contribution >= 0.6 is 23.2 Å². The second-order valence-electron chi connectivity index (χ2n) is 6.02. The quantitative estimate of drug-likeness (QED) is 0.333. The maximum Gasteiger partial charge on any atom is 0.185 e. The molecule has 0 heterocycles. The van der Waals surface area contributed by atoms with Crippen molar-refractivity contribution in [3.8, 4) is 0 Å². The van der Waals surface area contributed by atoms with E-state index in [-0.39, 0.29) is 11.6 Å². The first-order chi connectivity index (χ1) is 13.5. The van der Waals surface area contributed by atoms with Gasteiger partial charge in [-0.25, -0.2) is 0 Å². The molecule has 0 N–H and O–H groups in total. The Morgan fingerprint density at radius 3 is 1.29 bits per heavy atom. The van der Waals surface area contributed by atoms with Gasteiger partial charge in [-0.05, 0) is 47.6 Å². The summed E-state index contributed by atoms with van der Waals surface area (Å²) in [7, 11) is 0. The van der Waals surface area contributed by atoms with Crippen molar-refractivity contribution in [2.45, 2.75) is 0 Å². The maximum absolute atomic E-state index is 12.3. The van der Waals surface area contributed by atoms with Gasteiger partial charge in [-0.15, -0.1) is 0 Å². The smallest absolute Gasteiger partial charge is 0.185 e. The summed E-state index contributed by atoms with van der Waals surface area (Å²) in [4.78, 5) is 24.6. The van der Waals surface area contributed by atoms with Crippen LogP contribution < -0.4 is 0 Å². The molecule has 0 aliphatic rings. The molecule has 0 atom stereocenters. The lowest BCUT2D eigenvalue weighted by molar-refractivity contribution is 0.103. The van der Waals surface area contributed by atoms with Crippen LogP contribution in [0.15, 0.2) is 84.9 Å². The largest absolute Gasteiger partial charge is 0.289 e. The lowest BCUT2D eigenvalue weighted by atomic mass is 10.0. The Morgan fingerprint density at radius 1 is 0.571 bits per heavy atom. The third-order valence-corrected chi connectivity index (χ3v) is 4.78. The minimum Gasteiger partial charge on any atom is -0.289 e. The van der Waals surface area contributed by atoms with E-state index in [0.29, 0.717) is 21.2 Å². The Balaban J connectivity index is 1.69. The van der Waals surface area contributed by atoms with Gasteiger partial charge < -0.3 is 0 Å². The van der Waals surface area contributed by atoms with E-state index >= 15 is 0 Å². The average Bonchev–Trinajstić information content (AvgIpc) is 2.72. The van der Waals surface area contributed by atoms with E-state index in [2.05, 4.69) is 0 Å². The van der Waals surface area contributed by atoms with E-state index in [0.717, 1.165) is 11.1 Å². The molecule has 0 aliphatic heterocycles. The normalized spacial score (nSPS) is 11.2. The molecule has 0 aromatic heterocycles. The van der Waals surface area contributed by atoms with Crippen molar-refractivity contribution in [1.29, 1.82) is 0 Å². The summed E-state index contributed by atoms with van der Waals surface area (Å²) in [6.45, 7) is 0. The lowest BCUT2D eigenvalue weighted by Gasteiger charge is -2.00. The van der Waals surface area contributed by atoms with E-state index < -0.39 is 0 Å². The minimum atomic E-state index is -0.162. The van der Waals surface area contributed by atoms with Crippen LogP contribution in [-0.2, 0) is 0 Å². The highest BCUT2D eigenvalue weighted by atomic mass is 35.5. The molecule has 28 heavy (non-hydrogen) atoms. The van der Waals surface area contributed by atoms with Crippen LogP contribution in [0.5, 0.6) is 0 Å². The molecule has 0 radical (unpaired) electrons. The second kappa shape index (κ2) is 9.32. The number of hydrogen-bond donors (Lipinski definition) is 0. The molecular formula is C24H16Cl2O2. The second-order valence-corrected chi connectivity index (χ2v) is 6.83. The van der Waals surface area contributed by atoms with Crippen LogP contribution in [0, 0.1) is 0 Å². The van der Waals surface area contributed by atoms with Gasteiger partial charge in [-0.3, -0.25) is 9.59 Å². The summed E-state index contributed by atoms with van der Waals surface area (Å²) in [6.07, 6.45) is 6.29. The van der Waals surface area contributed by atoms with Crippen molar-refractivity contribution in [1.82, 2.24) is 0 Å². The Kier molecular flexibility index (Phi) is 6.59. The standard InChI is InChI=1S/C24H16Cl2O2/c25-21-7-3-1-5-17(21)13-15-23(27)19-9-11-20(12-10-19)24(28)16-14-18-6-2-4-8-22(18)26/h1-16H/b15-13+,16-14+. The van der Waals surface area contributed by atoms with Gasteiger partial charge in [0, 0.05) is 21.2 Å². The summed E-state index contributed by atoms with van der Waals surface area (Å²) >= 11 is 12.2. The summed E-state index contributed by atoms with van der Waals surface area (Å²) in [5, 5.41) is 1.16. The third kappa shape index (κ3) is 5.07. The highest BCUT2D eigenvalue weighted by Gasteiger charge is 2.06. The predicted molar refractivity (Wildman–Crippen MR) is 116 cm³/mol. The molecule has 0 saturated heterocycles. The fourth-order valence-electron chi connectivity index (χ4n) is 2.54. The van der Waals surface area contributed by atoms with Gasteiger partial charge in [0.1, 0.15) is 0 Å². The first-order valence-corrected chi connectivity index (χ1v) is 9.34. The molecule has 3 aromatic rings. The molecule has 138 valence electrons. The zero-order chi connectivity index (χ0) is 19.9. The Labute approximate surface area is 173 Å². The van der Waals surface area contributed by atoms with Gasteiger partial charge in [0.15, 0.2) is 11.6 Å². The molecule has 0 fully saturated rings. The number of carbonyl (C=O) groups is 2. The summed E-state index contributed by atoms with van der Waals surface area (Å²) in [5.41, 5.74) is 2.54. The maximum atomic E-state index is 12.3. The van der Waals surface area contributed by atoms with Crippen molar-refractivity contribution in [3.63, 3.8) is 0 Å². The zero-order valence-corrected chi connectivity index (χ0v) is 16.3. The number of rotatable bonds is 6. The molecule has 4 heteroatoms. The van der Waals surface area contributed by atoms with Gasteiger partial charge in [-0.1, -0.05) is 83.9 Å². The SMILES string of the molecule is O=C(/C=C/c1ccccc1Cl)c1ccc(C(=O)/C=C/c2ccccc2Cl)cc1. The molecule has 3 aromatic carbocycles. The Hall–Kier alpha value is -2.94. The Bertz CT molecular complexity index is 977. The first-order valence-electron chi connectivity index (χ1n) is 8.58. The van der Waals surface area contributed by atoms with Crippen LogP contribution in [0.3, 0.4) is 0 Å². The number of ketones is 2. The minimum absolute atomic E-state index is 0.162. The van der Waals surface area contributed by atoms with Gasteiger partial charge >= 0.3 is 0 Å². The molecular weight excluding hydrogens is 391 g/mol. The van der Waals surface area contributed by atoms with Crippen LogP contribution in [-0.4, -0.2) is 11.6 Å². The van der Waals surface area contributed by atoms with Crippen LogP contribution in [0.1, 0.15) is 31.8 Å². The van der Waals surface area contributed by atoms with Crippen molar-refractivity contribution in [3.05, 3.63) is 117 Å². The van der Waals surface area contributed by atoms with Crippen molar-refractivity contribution in [2.24, 2.45) is 0 Å². The monoisotopic (exact) mass is 406 g/mol. The lowest BCUT2D eigenvalue weighted by Crippen LogP contribution is -1.98. The highest BCUT2D eigenvalue weighted by molar-refractivity contribution is 6.32. The van der Waals surface area contributed by atoms with Gasteiger partial charge in [-0.2, -0.15) is 0 Å². The number of halogens is 2. The van der Waals surface area contributed by atoms with E-state index in [9.17, 15) is 9.59 Å². The van der Waals surface area contributed by atoms with Crippen molar-refractivity contribution >= 4 is 46.9 Å². The third-order valence-electron chi connectivity index (χ3n) is 4.09. The van der Waals surface area contributed by atoms with E-state index in [4.69, 9.17) is 23.2 Å². The van der Waals surface area contributed by atoms with Crippen LogP contribution in [0.4, 0.5) is 0 Å². The number of allylic oxidation sites excluding steroid dienone is 2. The highest BCUT2D eigenvalue weighted by Crippen LogP contribution is 2.18. The Morgan fingerprint density at radius 2 is 0.929 bits per heavy atom. The van der Waals surface area contributed by atoms with E-state index in [1.165, 1.54) is 12.2 Å². The van der Waals surface area contributed by atoms with E-state index in [1.54, 1.807) is 48.6 Å². The summed E-state index contributed by atoms with van der Waals surface area (Å²) < 4.78 is 0. The van der Waals surface area contributed by atoms with Gasteiger partial charge in [0.05, 0.1) is 0 Å². The number of carbonyl (C=O) groups excluding carboxylic acids is 2. The van der Waals surface area contributed by atoms with Gasteiger partial charge in [0.25, 0.3) is 0 Å². The van der Waals surface area contributed by atoms with Crippen LogP contribution in [0.2, 0.25) is 10.0 Å². The molecule has 0 spiro atoms. The molecule has 0 aliphatic carbocycles. The molecule has 0 unspecified atom stereocenters. The predicted octanol–water partition coefficient (Wildman–Crippen LogP) is 6.79. The number of hydrogen-bond acceptors (Lipinski definition) is 2. The van der Waals surface area contributed by atoms with Crippen LogP contribution in [0.25, 0.3) is 12.2 Å². The van der Waals surface area contributed by atoms with Crippen molar-refractivity contribution < 1.29 is 9.59 Å². The molecule has 2 nitrogen and oxygen atoms in total. The average molecular weight is 407 g/mol. The topological polar surface area (TPSA) is 34.1 Å². The molecule has 0 bridgehead atoms. The summed E-state index contributed by atoms with van der Waals surface area (Å²) in [6, 6.07) is 21.1. The fraction of sp³-hybridized carbons (Fsp3) is 0. The van der Waals surface area contributed by atoms with E-state index in [1.807, 2.05) is 36.4 Å². The fourth-order valence-corrected chi connectivity index (χ4v) is 2.94. The molecule has 0 saturated carbocycles. The zero-order valence-electron chi connectivity index (χ0n) is 14.8. The molecule has 0 amide bonds. The first kappa shape index (κ1) is 19.8. The van der Waals surface area contributed by atoms with Crippen molar-refractivity contribution in [2.75, 3.05) is 0 Å². The molecule has 3 rings (SSSR count).